The number of nitrogens with one attached hydrogen (secondary N) is 3. The summed E-state index contributed by atoms with van der Waals surface area (Å²) in [6.07, 6.45) is -0.989. The van der Waals surface area contributed by atoms with Crippen LogP contribution in [0.2, 0.25) is 10.0 Å². The van der Waals surface area contributed by atoms with Gasteiger partial charge in [-0.05, 0) is 44.2 Å². The first-order valence-electron chi connectivity index (χ1n) is 9.16. The van der Waals surface area contributed by atoms with Crippen LogP contribution in [0.4, 0.5) is 10.5 Å². The van der Waals surface area contributed by atoms with Gasteiger partial charge in [0.1, 0.15) is 11.8 Å². The van der Waals surface area contributed by atoms with Crippen molar-refractivity contribution in [2.45, 2.75) is 13.8 Å². The van der Waals surface area contributed by atoms with Crippen LogP contribution in [0, 0.1) is 18.3 Å². The van der Waals surface area contributed by atoms with Crippen molar-refractivity contribution in [3.05, 3.63) is 46.1 Å². The lowest BCUT2D eigenvalue weighted by Crippen LogP contribution is -2.36. The summed E-state index contributed by atoms with van der Waals surface area (Å²) < 4.78 is 10.4. The highest BCUT2D eigenvalue weighted by molar-refractivity contribution is 6.47. The minimum absolute atomic E-state index is 0.0668. The van der Waals surface area contributed by atoms with Crippen molar-refractivity contribution in [2.24, 2.45) is 5.10 Å². The van der Waals surface area contributed by atoms with Crippen LogP contribution in [0.3, 0.4) is 0 Å². The molecule has 0 atom stereocenters. The van der Waals surface area contributed by atoms with Crippen molar-refractivity contribution in [3.8, 4) is 17.6 Å². The molecule has 0 spiro atoms. The lowest BCUT2D eigenvalue weighted by molar-refractivity contribution is -0.114. The average Bonchev–Trinajstić information content (AvgIpc) is 3.11. The van der Waals surface area contributed by atoms with E-state index in [4.69, 9.17) is 33.2 Å². The molecule has 0 aliphatic carbocycles. The van der Waals surface area contributed by atoms with Gasteiger partial charge in [-0.2, -0.15) is 15.5 Å². The zero-order valence-electron chi connectivity index (χ0n) is 16.8. The number of fused-ring (bicyclic) bond motifs is 1. The summed E-state index contributed by atoms with van der Waals surface area (Å²) in [5, 5.41) is 22.9. The molecule has 1 heterocycles. The summed E-state index contributed by atoms with van der Waals surface area (Å²) in [4.78, 5) is 23.2. The van der Waals surface area contributed by atoms with Gasteiger partial charge in [0.25, 0.3) is 5.91 Å². The Morgan fingerprint density at radius 2 is 1.97 bits per heavy atom. The highest BCUT2D eigenvalue weighted by Crippen LogP contribution is 2.39. The third-order valence-corrected chi connectivity index (χ3v) is 4.60. The van der Waals surface area contributed by atoms with E-state index in [2.05, 4.69) is 25.5 Å². The second-order valence-electron chi connectivity index (χ2n) is 6.26. The molecule has 3 rings (SSSR count). The number of rotatable bonds is 6. The van der Waals surface area contributed by atoms with E-state index < -0.39 is 17.7 Å². The summed E-state index contributed by atoms with van der Waals surface area (Å²) in [5.74, 6) is -0.309. The number of aromatic amines is 1. The lowest BCUT2D eigenvalue weighted by atomic mass is 10.2. The molecule has 0 bridgehead atoms. The molecule has 0 saturated carbocycles. The number of carbonyl (C=O) groups excluding carboxylic acids is 2. The number of aromatic nitrogens is 2. The molecule has 1 aromatic heterocycles. The van der Waals surface area contributed by atoms with Crippen molar-refractivity contribution in [1.82, 2.24) is 15.5 Å². The van der Waals surface area contributed by atoms with E-state index in [0.29, 0.717) is 5.75 Å². The summed E-state index contributed by atoms with van der Waals surface area (Å²) in [6.45, 7) is 3.53. The third kappa shape index (κ3) is 5.26. The van der Waals surface area contributed by atoms with Gasteiger partial charge in [0.05, 0.1) is 27.9 Å². The number of nitrogens with zero attached hydrogens (tertiary/aromatic N) is 3. The van der Waals surface area contributed by atoms with Gasteiger partial charge in [-0.15, -0.1) is 0 Å². The number of ether oxygens (including phenoxy) is 2. The largest absolute Gasteiger partial charge is 0.454 e. The topological polar surface area (TPSA) is 141 Å². The normalized spacial score (nSPS) is 11.0. The first-order chi connectivity index (χ1) is 15.3. The van der Waals surface area contributed by atoms with Crippen LogP contribution in [0.1, 0.15) is 12.6 Å². The number of amides is 2. The Balaban J connectivity index is 1.76. The molecule has 10 nitrogen and oxygen atoms in total. The molecular weight excluding hydrogens is 459 g/mol. The Bertz CT molecular complexity index is 1240. The minimum atomic E-state index is -1.03. The van der Waals surface area contributed by atoms with Gasteiger partial charge in [-0.3, -0.25) is 20.6 Å². The van der Waals surface area contributed by atoms with Crippen molar-refractivity contribution < 1.29 is 19.1 Å². The van der Waals surface area contributed by atoms with Gasteiger partial charge in [0, 0.05) is 11.1 Å². The molecule has 2 aromatic carbocycles. The molecule has 0 aliphatic heterocycles. The number of hydrazone groups is 1. The lowest BCUT2D eigenvalue weighted by Gasteiger charge is -2.11. The zero-order valence-corrected chi connectivity index (χ0v) is 18.3. The van der Waals surface area contributed by atoms with E-state index in [9.17, 15) is 9.59 Å². The molecule has 12 heteroatoms. The maximum absolute atomic E-state index is 11.9. The molecule has 0 aliphatic rings. The van der Waals surface area contributed by atoms with E-state index in [1.165, 1.54) is 12.1 Å². The standard InChI is InChI=1S/C20H16Cl2N6O4/c1-3-31-20(30)24-19(29)17(9-23)28-26-11-6-14(21)18(15(22)7-11)32-12-4-5-16-13(8-12)10(2)25-27-16/h4-8,26H,3H2,1-2H3,(H,25,27)(H,24,29,30)/b28-17+. The quantitative estimate of drug-likeness (QED) is 0.351. The second-order valence-corrected chi connectivity index (χ2v) is 7.07. The van der Waals surface area contributed by atoms with Gasteiger partial charge in [-0.25, -0.2) is 4.79 Å². The SMILES string of the molecule is CCOC(=O)NC(=O)/C(C#N)=N/Nc1cc(Cl)c(Oc2ccc3n[nH]c(C)c3c2)c(Cl)c1. The fourth-order valence-electron chi connectivity index (χ4n) is 2.59. The molecule has 0 fully saturated rings. The minimum Gasteiger partial charge on any atom is -0.454 e. The van der Waals surface area contributed by atoms with Crippen LogP contribution >= 0.6 is 23.2 Å². The average molecular weight is 475 g/mol. The predicted octanol–water partition coefficient (Wildman–Crippen LogP) is 4.53. The van der Waals surface area contributed by atoms with Crippen LogP contribution in [0.5, 0.6) is 11.5 Å². The number of benzene rings is 2. The maximum atomic E-state index is 11.9. The van der Waals surface area contributed by atoms with Gasteiger partial charge in [0.15, 0.2) is 5.75 Å². The molecule has 0 radical (unpaired) electrons. The van der Waals surface area contributed by atoms with Crippen molar-refractivity contribution in [3.63, 3.8) is 0 Å². The first kappa shape index (κ1) is 22.9. The zero-order chi connectivity index (χ0) is 23.3. The van der Waals surface area contributed by atoms with Crippen LogP contribution in [0.15, 0.2) is 35.4 Å². The smallest absolute Gasteiger partial charge is 0.414 e. The van der Waals surface area contributed by atoms with Gasteiger partial charge in [-0.1, -0.05) is 23.2 Å². The second kappa shape index (κ2) is 10.00. The van der Waals surface area contributed by atoms with Gasteiger partial charge >= 0.3 is 6.09 Å². The van der Waals surface area contributed by atoms with E-state index >= 15 is 0 Å². The van der Waals surface area contributed by atoms with Gasteiger partial charge < -0.3 is 9.47 Å². The van der Waals surface area contributed by atoms with E-state index in [1.807, 2.05) is 12.2 Å². The highest BCUT2D eigenvalue weighted by Gasteiger charge is 2.16. The molecule has 3 N–H and O–H groups in total. The molecule has 164 valence electrons. The van der Waals surface area contributed by atoms with Crippen LogP contribution in [0.25, 0.3) is 10.9 Å². The molecule has 3 aromatic rings. The number of hydrogen-bond donors (Lipinski definition) is 3. The molecule has 2 amide bonds. The maximum Gasteiger partial charge on any atom is 0.414 e. The van der Waals surface area contributed by atoms with Crippen molar-refractivity contribution >= 4 is 57.5 Å². The van der Waals surface area contributed by atoms with E-state index in [1.54, 1.807) is 31.2 Å². The number of anilines is 1. The Morgan fingerprint density at radius 1 is 1.25 bits per heavy atom. The Morgan fingerprint density at radius 3 is 2.62 bits per heavy atom. The van der Waals surface area contributed by atoms with E-state index in [0.717, 1.165) is 16.6 Å². The number of imide groups is 1. The summed E-state index contributed by atoms with van der Waals surface area (Å²) in [5.41, 5.74) is 3.86. The molecular formula is C20H16Cl2N6O4. The molecule has 0 saturated heterocycles. The number of aryl methyl sites for hydroxylation is 1. The Kier molecular flexibility index (Phi) is 7.14. The molecule has 0 unspecified atom stereocenters. The van der Waals surface area contributed by atoms with Crippen molar-refractivity contribution in [1.29, 1.82) is 5.26 Å². The number of hydrogen-bond acceptors (Lipinski definition) is 8. The third-order valence-electron chi connectivity index (χ3n) is 4.04. The fourth-order valence-corrected chi connectivity index (χ4v) is 3.15. The number of H-pyrrole nitrogens is 1. The number of nitriles is 1. The van der Waals surface area contributed by atoms with E-state index in [-0.39, 0.29) is 28.1 Å². The van der Waals surface area contributed by atoms with Crippen LogP contribution in [-0.2, 0) is 9.53 Å². The monoisotopic (exact) mass is 474 g/mol. The number of halogens is 2. The number of alkyl carbamates (subject to hydrolysis) is 1. The van der Waals surface area contributed by atoms with Gasteiger partial charge in [0.2, 0.25) is 5.71 Å². The predicted molar refractivity (Wildman–Crippen MR) is 119 cm³/mol. The Labute approximate surface area is 192 Å². The van der Waals surface area contributed by atoms with Crippen LogP contribution < -0.4 is 15.5 Å². The summed E-state index contributed by atoms with van der Waals surface area (Å²) >= 11 is 12.6. The van der Waals surface area contributed by atoms with Crippen LogP contribution in [-0.4, -0.2) is 34.5 Å². The number of carbonyl (C=O) groups is 2. The highest BCUT2D eigenvalue weighted by atomic mass is 35.5. The molecule has 32 heavy (non-hydrogen) atoms. The fraction of sp³-hybridized carbons (Fsp3) is 0.150. The summed E-state index contributed by atoms with van der Waals surface area (Å²) in [7, 11) is 0. The first-order valence-corrected chi connectivity index (χ1v) is 9.91. The van der Waals surface area contributed by atoms with Crippen molar-refractivity contribution in [2.75, 3.05) is 12.0 Å². The summed E-state index contributed by atoms with van der Waals surface area (Å²) in [6, 6.07) is 9.81. The Hall–Kier alpha value is -3.81.